The minimum Gasteiger partial charge on any atom is -0.478 e. The molecule has 0 fully saturated rings. The highest BCUT2D eigenvalue weighted by Crippen LogP contribution is 2.26. The number of fused-ring (bicyclic) bond motifs is 1. The predicted octanol–water partition coefficient (Wildman–Crippen LogP) is 2.26. The third-order valence-corrected chi connectivity index (χ3v) is 2.25. The van der Waals surface area contributed by atoms with Crippen LogP contribution in [0.2, 0.25) is 0 Å². The number of benzene rings is 2. The maximum atomic E-state index is 13.5. The Kier molecular flexibility index (Phi) is 2.04. The van der Waals surface area contributed by atoms with E-state index in [0.717, 1.165) is 0 Å². The lowest BCUT2D eigenvalue weighted by atomic mass is 10.0. The molecule has 3 N–H and O–H groups in total. The van der Waals surface area contributed by atoms with Gasteiger partial charge < -0.3 is 10.8 Å². The molecule has 0 heterocycles. The second kappa shape index (κ2) is 3.24. The Morgan fingerprint density at radius 3 is 2.67 bits per heavy atom. The number of aromatic carboxylic acids is 1. The lowest BCUT2D eigenvalue weighted by Crippen LogP contribution is -2.00. The highest BCUT2D eigenvalue weighted by Gasteiger charge is 2.13. The summed E-state index contributed by atoms with van der Waals surface area (Å²) in [6.45, 7) is 0. The number of hydrogen-bond acceptors (Lipinski definition) is 2. The van der Waals surface area contributed by atoms with Crippen molar-refractivity contribution < 1.29 is 14.3 Å². The van der Waals surface area contributed by atoms with Gasteiger partial charge in [0.2, 0.25) is 0 Å². The molecule has 0 saturated carbocycles. The first kappa shape index (κ1) is 9.45. The maximum absolute atomic E-state index is 13.5. The van der Waals surface area contributed by atoms with E-state index in [4.69, 9.17) is 10.8 Å². The molecule has 3 nitrogen and oxygen atoms in total. The second-order valence-electron chi connectivity index (χ2n) is 3.17. The van der Waals surface area contributed by atoms with Crippen LogP contribution in [-0.4, -0.2) is 11.1 Å². The Hall–Kier alpha value is -2.10. The third-order valence-electron chi connectivity index (χ3n) is 2.25. The predicted molar refractivity (Wildman–Crippen MR) is 55.3 cm³/mol. The van der Waals surface area contributed by atoms with Crippen LogP contribution in [0.4, 0.5) is 10.1 Å². The molecular formula is C11H8FNO2. The van der Waals surface area contributed by atoms with Crippen molar-refractivity contribution in [3.05, 3.63) is 41.7 Å². The molecule has 76 valence electrons. The van der Waals surface area contributed by atoms with Gasteiger partial charge in [-0.1, -0.05) is 12.1 Å². The number of carbonyl (C=O) groups is 1. The molecule has 0 unspecified atom stereocenters. The highest BCUT2D eigenvalue weighted by molar-refractivity contribution is 6.07. The molecule has 2 aromatic rings. The molecule has 0 aliphatic carbocycles. The van der Waals surface area contributed by atoms with E-state index >= 15 is 0 Å². The molecule has 4 heteroatoms. The van der Waals surface area contributed by atoms with E-state index < -0.39 is 11.8 Å². The molecule has 15 heavy (non-hydrogen) atoms. The number of halogens is 1. The van der Waals surface area contributed by atoms with Crippen LogP contribution in [-0.2, 0) is 0 Å². The zero-order chi connectivity index (χ0) is 11.0. The van der Waals surface area contributed by atoms with Gasteiger partial charge in [-0.15, -0.1) is 0 Å². The summed E-state index contributed by atoms with van der Waals surface area (Å²) in [6.07, 6.45) is 0. The number of carboxylic acids is 1. The molecule has 0 bridgehead atoms. The summed E-state index contributed by atoms with van der Waals surface area (Å²) >= 11 is 0. The molecular weight excluding hydrogens is 197 g/mol. The minimum atomic E-state index is -1.16. The fourth-order valence-corrected chi connectivity index (χ4v) is 1.56. The smallest absolute Gasteiger partial charge is 0.336 e. The molecule has 0 radical (unpaired) electrons. The summed E-state index contributed by atoms with van der Waals surface area (Å²) in [5, 5.41) is 9.38. The molecule has 0 aliphatic rings. The van der Waals surface area contributed by atoms with E-state index in [1.54, 1.807) is 6.07 Å². The standard InChI is InChI=1S/C11H8FNO2/c12-8-3-1-2-6-9(13)5-4-7(10(6)8)11(14)15/h1-5H,13H2,(H,14,15). The summed E-state index contributed by atoms with van der Waals surface area (Å²) in [5.74, 6) is -1.73. The zero-order valence-electron chi connectivity index (χ0n) is 7.70. The van der Waals surface area contributed by atoms with Crippen molar-refractivity contribution in [2.45, 2.75) is 0 Å². The van der Waals surface area contributed by atoms with Crippen LogP contribution in [0.5, 0.6) is 0 Å². The van der Waals surface area contributed by atoms with Crippen molar-refractivity contribution in [2.75, 3.05) is 5.73 Å². The molecule has 0 spiro atoms. The number of anilines is 1. The molecule has 0 aromatic heterocycles. The lowest BCUT2D eigenvalue weighted by Gasteiger charge is -2.06. The summed E-state index contributed by atoms with van der Waals surface area (Å²) in [5.41, 5.74) is 5.93. The van der Waals surface area contributed by atoms with Gasteiger partial charge in [-0.05, 0) is 18.2 Å². The Morgan fingerprint density at radius 1 is 1.27 bits per heavy atom. The van der Waals surface area contributed by atoms with Crippen LogP contribution < -0.4 is 5.73 Å². The Bertz CT molecular complexity index is 552. The number of nitrogens with two attached hydrogens (primary N) is 1. The van der Waals surface area contributed by atoms with Crippen LogP contribution in [0.15, 0.2) is 30.3 Å². The summed E-state index contributed by atoms with van der Waals surface area (Å²) in [6, 6.07) is 7.09. The summed E-state index contributed by atoms with van der Waals surface area (Å²) < 4.78 is 13.5. The Morgan fingerprint density at radius 2 is 2.00 bits per heavy atom. The molecule has 0 saturated heterocycles. The zero-order valence-corrected chi connectivity index (χ0v) is 7.70. The van der Waals surface area contributed by atoms with Crippen LogP contribution in [0.1, 0.15) is 10.4 Å². The van der Waals surface area contributed by atoms with Crippen molar-refractivity contribution in [3.8, 4) is 0 Å². The van der Waals surface area contributed by atoms with Gasteiger partial charge in [0.05, 0.1) is 5.56 Å². The van der Waals surface area contributed by atoms with Crippen molar-refractivity contribution in [3.63, 3.8) is 0 Å². The summed E-state index contributed by atoms with van der Waals surface area (Å²) in [4.78, 5) is 10.9. The first-order valence-electron chi connectivity index (χ1n) is 4.31. The fourth-order valence-electron chi connectivity index (χ4n) is 1.56. The van der Waals surface area contributed by atoms with E-state index in [1.807, 2.05) is 0 Å². The van der Waals surface area contributed by atoms with E-state index in [2.05, 4.69) is 0 Å². The first-order valence-corrected chi connectivity index (χ1v) is 4.31. The van der Waals surface area contributed by atoms with Gasteiger partial charge in [-0.25, -0.2) is 9.18 Å². The van der Waals surface area contributed by atoms with Gasteiger partial charge in [0.25, 0.3) is 0 Å². The number of hydrogen-bond donors (Lipinski definition) is 2. The lowest BCUT2D eigenvalue weighted by molar-refractivity contribution is 0.0699. The topological polar surface area (TPSA) is 63.3 Å². The van der Waals surface area contributed by atoms with E-state index in [0.29, 0.717) is 11.1 Å². The van der Waals surface area contributed by atoms with Crippen molar-refractivity contribution >= 4 is 22.4 Å². The van der Waals surface area contributed by atoms with E-state index in [-0.39, 0.29) is 10.9 Å². The van der Waals surface area contributed by atoms with Crippen molar-refractivity contribution in [1.82, 2.24) is 0 Å². The fraction of sp³-hybridized carbons (Fsp3) is 0. The van der Waals surface area contributed by atoms with Crippen molar-refractivity contribution in [2.24, 2.45) is 0 Å². The quantitative estimate of drug-likeness (QED) is 0.702. The van der Waals surface area contributed by atoms with Crippen LogP contribution in [0.3, 0.4) is 0 Å². The Balaban J connectivity index is 2.96. The summed E-state index contributed by atoms with van der Waals surface area (Å²) in [7, 11) is 0. The SMILES string of the molecule is Nc1ccc(C(=O)O)c2c(F)cccc12. The molecule has 0 amide bonds. The van der Waals surface area contributed by atoms with E-state index in [1.165, 1.54) is 24.3 Å². The molecule has 0 aliphatic heterocycles. The monoisotopic (exact) mass is 205 g/mol. The van der Waals surface area contributed by atoms with Crippen LogP contribution in [0, 0.1) is 5.82 Å². The maximum Gasteiger partial charge on any atom is 0.336 e. The first-order chi connectivity index (χ1) is 7.11. The van der Waals surface area contributed by atoms with Gasteiger partial charge >= 0.3 is 5.97 Å². The van der Waals surface area contributed by atoms with Gasteiger partial charge in [-0.3, -0.25) is 0 Å². The largest absolute Gasteiger partial charge is 0.478 e. The average molecular weight is 205 g/mol. The second-order valence-corrected chi connectivity index (χ2v) is 3.17. The highest BCUT2D eigenvalue weighted by atomic mass is 19.1. The normalized spacial score (nSPS) is 10.5. The molecule has 2 rings (SSSR count). The van der Waals surface area contributed by atoms with Crippen LogP contribution >= 0.6 is 0 Å². The third kappa shape index (κ3) is 1.40. The average Bonchev–Trinajstić information content (AvgIpc) is 2.19. The van der Waals surface area contributed by atoms with Gasteiger partial charge in [0, 0.05) is 16.5 Å². The van der Waals surface area contributed by atoms with Gasteiger partial charge in [0.15, 0.2) is 0 Å². The molecule has 0 atom stereocenters. The van der Waals surface area contributed by atoms with Gasteiger partial charge in [-0.2, -0.15) is 0 Å². The number of carboxylic acid groups (broad SMARTS) is 1. The Labute approximate surface area is 84.9 Å². The van der Waals surface area contributed by atoms with E-state index in [9.17, 15) is 9.18 Å². The molecule has 2 aromatic carbocycles. The van der Waals surface area contributed by atoms with Gasteiger partial charge in [0.1, 0.15) is 5.82 Å². The van der Waals surface area contributed by atoms with Crippen molar-refractivity contribution in [1.29, 1.82) is 0 Å². The number of nitrogen functional groups attached to an aromatic ring is 1. The van der Waals surface area contributed by atoms with Crippen LogP contribution in [0.25, 0.3) is 10.8 Å². The minimum absolute atomic E-state index is 0.0602. The number of rotatable bonds is 1.